The van der Waals surface area contributed by atoms with Gasteiger partial charge in [0.25, 0.3) is 0 Å². The SMILES string of the molecule is Cc1[nH]nc2ncnc(N3CC[C@H](F)C3)c12. The summed E-state index contributed by atoms with van der Waals surface area (Å²) in [6.07, 6.45) is 1.29. The molecule has 5 nitrogen and oxygen atoms in total. The topological polar surface area (TPSA) is 57.7 Å². The summed E-state index contributed by atoms with van der Waals surface area (Å²) in [7, 11) is 0. The largest absolute Gasteiger partial charge is 0.353 e. The van der Waals surface area contributed by atoms with Gasteiger partial charge in [-0.3, -0.25) is 5.10 Å². The number of aryl methyl sites for hydroxylation is 1. The highest BCUT2D eigenvalue weighted by Crippen LogP contribution is 2.27. The molecule has 16 heavy (non-hydrogen) atoms. The Hall–Kier alpha value is -1.72. The Labute approximate surface area is 91.7 Å². The van der Waals surface area contributed by atoms with Crippen LogP contribution in [0.15, 0.2) is 6.33 Å². The summed E-state index contributed by atoms with van der Waals surface area (Å²) in [6.45, 7) is 3.04. The van der Waals surface area contributed by atoms with E-state index in [1.54, 1.807) is 0 Å². The van der Waals surface area contributed by atoms with Gasteiger partial charge in [-0.2, -0.15) is 5.10 Å². The van der Waals surface area contributed by atoms with Crippen molar-refractivity contribution in [3.05, 3.63) is 12.0 Å². The van der Waals surface area contributed by atoms with Gasteiger partial charge in [-0.1, -0.05) is 0 Å². The molecule has 2 aromatic heterocycles. The highest BCUT2D eigenvalue weighted by atomic mass is 19.1. The molecule has 3 heterocycles. The van der Waals surface area contributed by atoms with E-state index in [4.69, 9.17) is 0 Å². The molecule has 1 aliphatic rings. The maximum atomic E-state index is 13.2. The molecular weight excluding hydrogens is 209 g/mol. The summed E-state index contributed by atoms with van der Waals surface area (Å²) in [5.41, 5.74) is 1.57. The van der Waals surface area contributed by atoms with Gasteiger partial charge < -0.3 is 4.90 Å². The molecule has 0 aromatic carbocycles. The zero-order valence-electron chi connectivity index (χ0n) is 8.94. The van der Waals surface area contributed by atoms with Crippen LogP contribution >= 0.6 is 0 Å². The van der Waals surface area contributed by atoms with E-state index in [1.165, 1.54) is 6.33 Å². The summed E-state index contributed by atoms with van der Waals surface area (Å²) in [6, 6.07) is 0. The van der Waals surface area contributed by atoms with Crippen molar-refractivity contribution >= 4 is 16.9 Å². The van der Waals surface area contributed by atoms with E-state index in [1.807, 2.05) is 11.8 Å². The third-order valence-electron chi connectivity index (χ3n) is 2.94. The number of H-pyrrole nitrogens is 1. The second-order valence-corrected chi connectivity index (χ2v) is 4.08. The number of hydrogen-bond acceptors (Lipinski definition) is 4. The minimum atomic E-state index is -0.753. The average molecular weight is 221 g/mol. The molecule has 84 valence electrons. The van der Waals surface area contributed by atoms with Crippen molar-refractivity contribution in [3.63, 3.8) is 0 Å². The van der Waals surface area contributed by atoms with Gasteiger partial charge in [0.1, 0.15) is 18.3 Å². The van der Waals surface area contributed by atoms with Crippen LogP contribution < -0.4 is 4.90 Å². The summed E-state index contributed by atoms with van der Waals surface area (Å²) >= 11 is 0. The summed E-state index contributed by atoms with van der Waals surface area (Å²) in [5, 5.41) is 7.85. The first-order chi connectivity index (χ1) is 7.75. The first-order valence-corrected chi connectivity index (χ1v) is 5.30. The number of nitrogens with zero attached hydrogens (tertiary/aromatic N) is 4. The molecule has 0 unspecified atom stereocenters. The van der Waals surface area contributed by atoms with Gasteiger partial charge in [-0.25, -0.2) is 14.4 Å². The molecule has 0 amide bonds. The van der Waals surface area contributed by atoms with Crippen LogP contribution in [0.25, 0.3) is 11.0 Å². The molecule has 0 bridgehead atoms. The fraction of sp³-hybridized carbons (Fsp3) is 0.500. The first kappa shape index (κ1) is 9.50. The molecule has 1 fully saturated rings. The number of rotatable bonds is 1. The summed E-state index contributed by atoms with van der Waals surface area (Å²) in [5.74, 6) is 0.788. The Morgan fingerprint density at radius 2 is 2.38 bits per heavy atom. The van der Waals surface area contributed by atoms with Gasteiger partial charge in [0, 0.05) is 12.2 Å². The molecule has 1 N–H and O–H groups in total. The Morgan fingerprint density at radius 3 is 3.12 bits per heavy atom. The second kappa shape index (κ2) is 3.40. The fourth-order valence-electron chi connectivity index (χ4n) is 2.13. The Morgan fingerprint density at radius 1 is 1.50 bits per heavy atom. The van der Waals surface area contributed by atoms with Crippen LogP contribution in [0.5, 0.6) is 0 Å². The normalized spacial score (nSPS) is 20.9. The van der Waals surface area contributed by atoms with E-state index in [2.05, 4.69) is 20.2 Å². The number of anilines is 1. The minimum absolute atomic E-state index is 0.413. The van der Waals surface area contributed by atoms with Crippen molar-refractivity contribution in [2.24, 2.45) is 0 Å². The molecule has 2 aromatic rings. The number of hydrogen-bond donors (Lipinski definition) is 1. The standard InChI is InChI=1S/C10H12FN5/c1-6-8-9(15-14-6)12-5-13-10(8)16-3-2-7(11)4-16/h5,7H,2-4H2,1H3,(H,12,13,14,15)/t7-/m0/s1. The molecular formula is C10H12FN5. The summed E-state index contributed by atoms with van der Waals surface area (Å²) < 4.78 is 13.2. The predicted octanol–water partition coefficient (Wildman–Crippen LogP) is 1.21. The average Bonchev–Trinajstić information content (AvgIpc) is 2.86. The molecule has 0 spiro atoms. The summed E-state index contributed by atoms with van der Waals surface area (Å²) in [4.78, 5) is 10.3. The van der Waals surface area contributed by atoms with Crippen molar-refractivity contribution in [2.75, 3.05) is 18.0 Å². The second-order valence-electron chi connectivity index (χ2n) is 4.08. The quantitative estimate of drug-likeness (QED) is 0.786. The molecule has 0 saturated carbocycles. The molecule has 3 rings (SSSR count). The highest BCUT2D eigenvalue weighted by molar-refractivity contribution is 5.89. The van der Waals surface area contributed by atoms with E-state index in [9.17, 15) is 4.39 Å². The van der Waals surface area contributed by atoms with E-state index in [0.717, 1.165) is 16.9 Å². The van der Waals surface area contributed by atoms with Gasteiger partial charge >= 0.3 is 0 Å². The highest BCUT2D eigenvalue weighted by Gasteiger charge is 2.25. The van der Waals surface area contributed by atoms with Crippen LogP contribution in [0.2, 0.25) is 0 Å². The number of aromatic amines is 1. The Balaban J connectivity index is 2.12. The monoisotopic (exact) mass is 221 g/mol. The number of alkyl halides is 1. The van der Waals surface area contributed by atoms with Crippen LogP contribution in [0.4, 0.5) is 10.2 Å². The zero-order valence-corrected chi connectivity index (χ0v) is 8.94. The van der Waals surface area contributed by atoms with Gasteiger partial charge in [0.05, 0.1) is 11.9 Å². The third kappa shape index (κ3) is 1.33. The first-order valence-electron chi connectivity index (χ1n) is 5.30. The van der Waals surface area contributed by atoms with Crippen LogP contribution in [0, 0.1) is 6.92 Å². The number of nitrogens with one attached hydrogen (secondary N) is 1. The lowest BCUT2D eigenvalue weighted by atomic mass is 10.3. The van der Waals surface area contributed by atoms with E-state index >= 15 is 0 Å². The maximum absolute atomic E-state index is 13.2. The molecule has 1 aliphatic heterocycles. The van der Waals surface area contributed by atoms with Gasteiger partial charge in [0.2, 0.25) is 0 Å². The van der Waals surface area contributed by atoms with Gasteiger partial charge in [0.15, 0.2) is 5.65 Å². The zero-order chi connectivity index (χ0) is 11.1. The number of aromatic nitrogens is 4. The maximum Gasteiger partial charge on any atom is 0.186 e. The molecule has 6 heteroatoms. The lowest BCUT2D eigenvalue weighted by Crippen LogP contribution is -2.21. The lowest BCUT2D eigenvalue weighted by molar-refractivity contribution is 0.364. The van der Waals surface area contributed by atoms with Crippen molar-refractivity contribution in [2.45, 2.75) is 19.5 Å². The predicted molar refractivity (Wildman–Crippen MR) is 58.1 cm³/mol. The Bertz CT molecular complexity index is 523. The van der Waals surface area contributed by atoms with Crippen molar-refractivity contribution in [3.8, 4) is 0 Å². The van der Waals surface area contributed by atoms with Gasteiger partial charge in [-0.15, -0.1) is 0 Å². The number of fused-ring (bicyclic) bond motifs is 1. The fourth-order valence-corrected chi connectivity index (χ4v) is 2.13. The smallest absolute Gasteiger partial charge is 0.186 e. The van der Waals surface area contributed by atoms with Crippen LogP contribution in [-0.4, -0.2) is 39.4 Å². The van der Waals surface area contributed by atoms with E-state index in [0.29, 0.717) is 25.2 Å². The molecule has 1 saturated heterocycles. The number of halogens is 1. The van der Waals surface area contributed by atoms with E-state index in [-0.39, 0.29) is 0 Å². The van der Waals surface area contributed by atoms with Crippen molar-refractivity contribution in [1.29, 1.82) is 0 Å². The Kier molecular flexibility index (Phi) is 2.02. The van der Waals surface area contributed by atoms with Crippen molar-refractivity contribution in [1.82, 2.24) is 20.2 Å². The van der Waals surface area contributed by atoms with E-state index < -0.39 is 6.17 Å². The lowest BCUT2D eigenvalue weighted by Gasteiger charge is -2.16. The van der Waals surface area contributed by atoms with Crippen molar-refractivity contribution < 1.29 is 4.39 Å². The van der Waals surface area contributed by atoms with Crippen LogP contribution in [0.3, 0.4) is 0 Å². The van der Waals surface area contributed by atoms with Crippen LogP contribution in [0.1, 0.15) is 12.1 Å². The minimum Gasteiger partial charge on any atom is -0.353 e. The third-order valence-corrected chi connectivity index (χ3v) is 2.94. The molecule has 1 atom stereocenters. The van der Waals surface area contributed by atoms with Crippen LogP contribution in [-0.2, 0) is 0 Å². The molecule has 0 radical (unpaired) electrons. The van der Waals surface area contributed by atoms with Gasteiger partial charge in [-0.05, 0) is 13.3 Å². The molecule has 0 aliphatic carbocycles.